The van der Waals surface area contributed by atoms with Crippen LogP contribution in [0, 0.1) is 6.92 Å². The summed E-state index contributed by atoms with van der Waals surface area (Å²) in [7, 11) is -3.58. The van der Waals surface area contributed by atoms with Gasteiger partial charge in [-0.1, -0.05) is 45.8 Å². The summed E-state index contributed by atoms with van der Waals surface area (Å²) < 4.78 is 29.0. The van der Waals surface area contributed by atoms with E-state index in [1.54, 1.807) is 18.2 Å². The van der Waals surface area contributed by atoms with Crippen LogP contribution in [-0.4, -0.2) is 8.42 Å². The number of halogens is 2. The van der Waals surface area contributed by atoms with Gasteiger partial charge in [0.2, 0.25) is 10.0 Å². The van der Waals surface area contributed by atoms with Crippen LogP contribution in [0.5, 0.6) is 0 Å². The molecule has 0 radical (unpaired) electrons. The van der Waals surface area contributed by atoms with Crippen LogP contribution < -0.4 is 4.72 Å². The van der Waals surface area contributed by atoms with Crippen LogP contribution in [0.3, 0.4) is 0 Å². The van der Waals surface area contributed by atoms with Crippen molar-refractivity contribution in [3.05, 3.63) is 62.5 Å². The number of hydrogen-bond donors (Lipinski definition) is 1. The predicted molar refractivity (Wildman–Crippen MR) is 91.8 cm³/mol. The standard InChI is InChI=1S/C15H15Br2NO2S/c1-10-3-5-12(6-4-10)11(2)18-21(19,20)15-8-7-13(16)9-14(15)17/h3-9,11,18H,1-2H3. The molecule has 0 amide bonds. The summed E-state index contributed by atoms with van der Waals surface area (Å²) in [5.74, 6) is 0. The predicted octanol–water partition coefficient (Wildman–Crippen LogP) is 4.56. The summed E-state index contributed by atoms with van der Waals surface area (Å²) >= 11 is 6.60. The fourth-order valence-corrected chi connectivity index (χ4v) is 4.89. The highest BCUT2D eigenvalue weighted by molar-refractivity contribution is 9.11. The van der Waals surface area contributed by atoms with Gasteiger partial charge in [-0.3, -0.25) is 0 Å². The van der Waals surface area contributed by atoms with Gasteiger partial charge in [0.15, 0.2) is 0 Å². The lowest BCUT2D eigenvalue weighted by molar-refractivity contribution is 0.566. The van der Waals surface area contributed by atoms with Crippen LogP contribution in [0.4, 0.5) is 0 Å². The Morgan fingerprint density at radius 3 is 2.24 bits per heavy atom. The van der Waals surface area contributed by atoms with E-state index in [1.807, 2.05) is 38.1 Å². The third-order valence-electron chi connectivity index (χ3n) is 3.09. The molecule has 0 heterocycles. The van der Waals surface area contributed by atoms with Gasteiger partial charge in [-0.15, -0.1) is 0 Å². The number of hydrogen-bond acceptors (Lipinski definition) is 2. The van der Waals surface area contributed by atoms with Crippen molar-refractivity contribution in [2.75, 3.05) is 0 Å². The first-order chi connectivity index (χ1) is 9.79. The van der Waals surface area contributed by atoms with Crippen molar-refractivity contribution in [2.24, 2.45) is 0 Å². The lowest BCUT2D eigenvalue weighted by atomic mass is 10.1. The van der Waals surface area contributed by atoms with E-state index < -0.39 is 10.0 Å². The highest BCUT2D eigenvalue weighted by atomic mass is 79.9. The summed E-state index contributed by atoms with van der Waals surface area (Å²) in [4.78, 5) is 0.227. The van der Waals surface area contributed by atoms with E-state index in [4.69, 9.17) is 0 Å². The second kappa shape index (κ2) is 6.60. The molecule has 2 rings (SSSR count). The van der Waals surface area contributed by atoms with Crippen molar-refractivity contribution in [1.29, 1.82) is 0 Å². The molecule has 21 heavy (non-hydrogen) atoms. The van der Waals surface area contributed by atoms with E-state index in [0.29, 0.717) is 4.47 Å². The zero-order valence-electron chi connectivity index (χ0n) is 11.6. The molecule has 1 atom stereocenters. The van der Waals surface area contributed by atoms with Gasteiger partial charge < -0.3 is 0 Å². The molecule has 2 aromatic rings. The number of aryl methyl sites for hydroxylation is 1. The maximum absolute atomic E-state index is 12.5. The minimum absolute atomic E-state index is 0.227. The van der Waals surface area contributed by atoms with Gasteiger partial charge in [0.25, 0.3) is 0 Å². The van der Waals surface area contributed by atoms with Gasteiger partial charge in [-0.2, -0.15) is 0 Å². The quantitative estimate of drug-likeness (QED) is 0.769. The summed E-state index contributed by atoms with van der Waals surface area (Å²) in [5.41, 5.74) is 2.07. The van der Waals surface area contributed by atoms with Crippen molar-refractivity contribution in [1.82, 2.24) is 4.72 Å². The average Bonchev–Trinajstić information content (AvgIpc) is 2.38. The highest BCUT2D eigenvalue weighted by Gasteiger charge is 2.21. The molecule has 112 valence electrons. The lowest BCUT2D eigenvalue weighted by Crippen LogP contribution is -2.27. The second-order valence-corrected chi connectivity index (χ2v) is 8.28. The Bertz CT molecular complexity index is 743. The molecule has 0 aliphatic rings. The Labute approximate surface area is 142 Å². The molecule has 0 aliphatic heterocycles. The largest absolute Gasteiger partial charge is 0.242 e. The number of benzene rings is 2. The zero-order valence-corrected chi connectivity index (χ0v) is 15.6. The Hall–Kier alpha value is -0.690. The Balaban J connectivity index is 2.26. The minimum Gasteiger partial charge on any atom is -0.207 e. The Morgan fingerprint density at radius 2 is 1.67 bits per heavy atom. The second-order valence-electron chi connectivity index (χ2n) is 4.83. The van der Waals surface area contributed by atoms with E-state index >= 15 is 0 Å². The van der Waals surface area contributed by atoms with Crippen molar-refractivity contribution < 1.29 is 8.42 Å². The van der Waals surface area contributed by atoms with Crippen LogP contribution in [0.15, 0.2) is 56.3 Å². The van der Waals surface area contributed by atoms with Crippen LogP contribution in [0.25, 0.3) is 0 Å². The molecule has 1 N–H and O–H groups in total. The molecule has 1 unspecified atom stereocenters. The smallest absolute Gasteiger partial charge is 0.207 e. The fraction of sp³-hybridized carbons (Fsp3) is 0.200. The third-order valence-corrected chi connectivity index (χ3v) is 6.10. The number of nitrogens with one attached hydrogen (secondary N) is 1. The normalized spacial score (nSPS) is 13.1. The monoisotopic (exact) mass is 431 g/mol. The summed E-state index contributed by atoms with van der Waals surface area (Å²) in [6.45, 7) is 3.83. The minimum atomic E-state index is -3.58. The van der Waals surface area contributed by atoms with Gasteiger partial charge in [-0.25, -0.2) is 13.1 Å². The van der Waals surface area contributed by atoms with Crippen LogP contribution in [-0.2, 0) is 10.0 Å². The van der Waals surface area contributed by atoms with Gasteiger partial charge in [0.05, 0.1) is 4.90 Å². The summed E-state index contributed by atoms with van der Waals surface area (Å²) in [6.07, 6.45) is 0. The first-order valence-corrected chi connectivity index (χ1v) is 9.40. The van der Waals surface area contributed by atoms with Gasteiger partial charge >= 0.3 is 0 Å². The number of rotatable bonds is 4. The first-order valence-electron chi connectivity index (χ1n) is 6.33. The van der Waals surface area contributed by atoms with Crippen molar-refractivity contribution in [2.45, 2.75) is 24.8 Å². The van der Waals surface area contributed by atoms with E-state index in [9.17, 15) is 8.42 Å². The molecule has 0 aliphatic carbocycles. The molecule has 0 spiro atoms. The maximum Gasteiger partial charge on any atom is 0.242 e. The summed E-state index contributed by atoms with van der Waals surface area (Å²) in [5, 5.41) is 0. The van der Waals surface area contributed by atoms with E-state index in [0.717, 1.165) is 15.6 Å². The van der Waals surface area contributed by atoms with Crippen molar-refractivity contribution in [3.8, 4) is 0 Å². The fourth-order valence-electron chi connectivity index (χ4n) is 1.91. The van der Waals surface area contributed by atoms with Gasteiger partial charge in [0, 0.05) is 15.0 Å². The number of sulfonamides is 1. The third kappa shape index (κ3) is 4.16. The first kappa shape index (κ1) is 16.7. The SMILES string of the molecule is Cc1ccc(C(C)NS(=O)(=O)c2ccc(Br)cc2Br)cc1. The topological polar surface area (TPSA) is 46.2 Å². The van der Waals surface area contributed by atoms with E-state index in [-0.39, 0.29) is 10.9 Å². The molecule has 2 aromatic carbocycles. The molecule has 0 saturated heterocycles. The molecule has 0 fully saturated rings. The van der Waals surface area contributed by atoms with Crippen molar-refractivity contribution in [3.63, 3.8) is 0 Å². The maximum atomic E-state index is 12.5. The van der Waals surface area contributed by atoms with Gasteiger partial charge in [0.1, 0.15) is 0 Å². The van der Waals surface area contributed by atoms with Crippen LogP contribution >= 0.6 is 31.9 Å². The molecule has 3 nitrogen and oxygen atoms in total. The van der Waals surface area contributed by atoms with Gasteiger partial charge in [-0.05, 0) is 53.5 Å². The highest BCUT2D eigenvalue weighted by Crippen LogP contribution is 2.27. The van der Waals surface area contributed by atoms with E-state index in [1.165, 1.54) is 0 Å². The molecular formula is C15H15Br2NO2S. The zero-order chi connectivity index (χ0) is 15.6. The summed E-state index contributed by atoms with van der Waals surface area (Å²) in [6, 6.07) is 12.5. The molecular weight excluding hydrogens is 418 g/mol. The average molecular weight is 433 g/mol. The Kier molecular flexibility index (Phi) is 5.24. The van der Waals surface area contributed by atoms with Crippen LogP contribution in [0.2, 0.25) is 0 Å². The molecule has 0 aromatic heterocycles. The Morgan fingerprint density at radius 1 is 1.05 bits per heavy atom. The lowest BCUT2D eigenvalue weighted by Gasteiger charge is -2.16. The van der Waals surface area contributed by atoms with Crippen LogP contribution in [0.1, 0.15) is 24.1 Å². The molecule has 6 heteroatoms. The van der Waals surface area contributed by atoms with Crippen molar-refractivity contribution >= 4 is 41.9 Å². The molecule has 0 bridgehead atoms. The van der Waals surface area contributed by atoms with E-state index in [2.05, 4.69) is 36.6 Å². The molecule has 0 saturated carbocycles.